The van der Waals surface area contributed by atoms with E-state index in [0.717, 1.165) is 0 Å². The van der Waals surface area contributed by atoms with Gasteiger partial charge in [-0.1, -0.05) is 0 Å². The Morgan fingerprint density at radius 1 is 1.40 bits per heavy atom. The topological polar surface area (TPSA) is 84.3 Å². The zero-order valence-electron chi connectivity index (χ0n) is 10.2. The molecule has 1 aromatic carbocycles. The van der Waals surface area contributed by atoms with E-state index in [1.807, 2.05) is 0 Å². The van der Waals surface area contributed by atoms with Crippen LogP contribution in [-0.2, 0) is 6.18 Å². The van der Waals surface area contributed by atoms with Gasteiger partial charge in [0.1, 0.15) is 5.69 Å². The first kappa shape index (κ1) is 14.1. The second kappa shape index (κ2) is 4.66. The number of amides is 1. The van der Waals surface area contributed by atoms with Crippen molar-refractivity contribution in [2.75, 3.05) is 11.9 Å². The molecule has 2 N–H and O–H groups in total. The summed E-state index contributed by atoms with van der Waals surface area (Å²) in [6.07, 6.45) is -4.77. The van der Waals surface area contributed by atoms with Gasteiger partial charge in [-0.15, -0.1) is 0 Å². The standard InChI is InChI=1S/C11H10F3N3O3/c1-5-4-15-9-7(10(18)16-5)2-6(11(12,13)14)3-8(9)17(19)20/h2-3,5,15H,4H2,1H3,(H,16,18)/t5-/m0/s1. The van der Waals surface area contributed by atoms with Crippen LogP contribution in [0.1, 0.15) is 22.8 Å². The normalized spacial score (nSPS) is 18.6. The van der Waals surface area contributed by atoms with Gasteiger partial charge in [-0.25, -0.2) is 0 Å². The molecule has 0 aromatic heterocycles. The van der Waals surface area contributed by atoms with Gasteiger partial charge in [-0.3, -0.25) is 14.9 Å². The third-order valence-electron chi connectivity index (χ3n) is 2.85. The van der Waals surface area contributed by atoms with Gasteiger partial charge in [0.15, 0.2) is 0 Å². The number of halogens is 3. The lowest BCUT2D eigenvalue weighted by Gasteiger charge is -2.11. The molecule has 108 valence electrons. The predicted octanol–water partition coefficient (Wildman–Crippen LogP) is 2.16. The SMILES string of the molecule is C[C@H]1CNc2c(cc(C(F)(F)F)cc2[N+](=O)[O-])C(=O)N1. The molecule has 9 heteroatoms. The van der Waals surface area contributed by atoms with Crippen LogP contribution in [0.25, 0.3) is 0 Å². The lowest BCUT2D eigenvalue weighted by Crippen LogP contribution is -2.34. The van der Waals surface area contributed by atoms with Gasteiger partial charge in [0, 0.05) is 18.7 Å². The van der Waals surface area contributed by atoms with Gasteiger partial charge in [-0.2, -0.15) is 13.2 Å². The molecule has 1 aliphatic rings. The molecule has 1 aromatic rings. The van der Waals surface area contributed by atoms with E-state index in [1.54, 1.807) is 6.92 Å². The van der Waals surface area contributed by atoms with E-state index in [2.05, 4.69) is 10.6 Å². The monoisotopic (exact) mass is 289 g/mol. The quantitative estimate of drug-likeness (QED) is 0.613. The van der Waals surface area contributed by atoms with Crippen molar-refractivity contribution in [2.45, 2.75) is 19.1 Å². The molecule has 0 bridgehead atoms. The van der Waals surface area contributed by atoms with Gasteiger partial charge in [0.2, 0.25) is 0 Å². The van der Waals surface area contributed by atoms with E-state index in [9.17, 15) is 28.1 Å². The Kier molecular flexibility index (Phi) is 3.28. The minimum atomic E-state index is -4.77. The van der Waals surface area contributed by atoms with Crippen LogP contribution in [0.3, 0.4) is 0 Å². The highest BCUT2D eigenvalue weighted by molar-refractivity contribution is 6.02. The van der Waals surface area contributed by atoms with Crippen molar-refractivity contribution in [1.29, 1.82) is 0 Å². The van der Waals surface area contributed by atoms with Crippen LogP contribution in [0.15, 0.2) is 12.1 Å². The number of benzene rings is 1. The molecule has 0 fully saturated rings. The third kappa shape index (κ3) is 2.51. The first-order valence-electron chi connectivity index (χ1n) is 5.64. The number of rotatable bonds is 1. The Bertz CT molecular complexity index is 586. The van der Waals surface area contributed by atoms with Crippen molar-refractivity contribution in [3.8, 4) is 0 Å². The van der Waals surface area contributed by atoms with Crippen LogP contribution in [0.4, 0.5) is 24.5 Å². The molecule has 0 aliphatic carbocycles. The smallest absolute Gasteiger partial charge is 0.377 e. The molecule has 0 spiro atoms. The van der Waals surface area contributed by atoms with Crippen molar-refractivity contribution < 1.29 is 22.9 Å². The fourth-order valence-corrected chi connectivity index (χ4v) is 1.91. The molecule has 0 radical (unpaired) electrons. The van der Waals surface area contributed by atoms with E-state index >= 15 is 0 Å². The lowest BCUT2D eigenvalue weighted by molar-refractivity contribution is -0.384. The average molecular weight is 289 g/mol. The summed E-state index contributed by atoms with van der Waals surface area (Å²) in [4.78, 5) is 21.8. The van der Waals surface area contributed by atoms with Crippen molar-refractivity contribution in [3.63, 3.8) is 0 Å². The summed E-state index contributed by atoms with van der Waals surface area (Å²) in [7, 11) is 0. The molecule has 1 amide bonds. The van der Waals surface area contributed by atoms with Gasteiger partial charge in [0.25, 0.3) is 11.6 Å². The van der Waals surface area contributed by atoms with Crippen LogP contribution in [0.5, 0.6) is 0 Å². The van der Waals surface area contributed by atoms with Crippen LogP contribution >= 0.6 is 0 Å². The van der Waals surface area contributed by atoms with Crippen molar-refractivity contribution in [2.24, 2.45) is 0 Å². The number of nitro groups is 1. The van der Waals surface area contributed by atoms with E-state index in [0.29, 0.717) is 12.1 Å². The van der Waals surface area contributed by atoms with Gasteiger partial charge in [0.05, 0.1) is 16.1 Å². The average Bonchev–Trinajstić information content (AvgIpc) is 2.46. The number of nitrogens with zero attached hydrogens (tertiary/aromatic N) is 1. The number of carbonyl (C=O) groups is 1. The fraction of sp³-hybridized carbons (Fsp3) is 0.364. The van der Waals surface area contributed by atoms with E-state index in [1.165, 1.54) is 0 Å². The number of nitrogens with one attached hydrogen (secondary N) is 2. The molecule has 6 nitrogen and oxygen atoms in total. The first-order valence-corrected chi connectivity index (χ1v) is 5.64. The molecule has 1 aliphatic heterocycles. The number of hydrogen-bond donors (Lipinski definition) is 2. The van der Waals surface area contributed by atoms with E-state index in [-0.39, 0.29) is 23.8 Å². The maximum Gasteiger partial charge on any atom is 0.416 e. The Morgan fingerprint density at radius 3 is 2.60 bits per heavy atom. The highest BCUT2D eigenvalue weighted by Crippen LogP contribution is 2.38. The Balaban J connectivity index is 2.68. The lowest BCUT2D eigenvalue weighted by atomic mass is 10.1. The number of alkyl halides is 3. The van der Waals surface area contributed by atoms with Gasteiger partial charge in [-0.05, 0) is 13.0 Å². The highest BCUT2D eigenvalue weighted by atomic mass is 19.4. The number of fused-ring (bicyclic) bond motifs is 1. The molecular weight excluding hydrogens is 279 g/mol. The van der Waals surface area contributed by atoms with Crippen molar-refractivity contribution in [1.82, 2.24) is 5.32 Å². The van der Waals surface area contributed by atoms with E-state index < -0.39 is 28.3 Å². The molecule has 1 atom stereocenters. The molecule has 2 rings (SSSR count). The summed E-state index contributed by atoms with van der Waals surface area (Å²) in [5.41, 5.74) is -2.56. The molecule has 0 saturated heterocycles. The first-order chi connectivity index (χ1) is 9.20. The molecular formula is C11H10F3N3O3. The molecule has 0 unspecified atom stereocenters. The summed E-state index contributed by atoms with van der Waals surface area (Å²) in [6.45, 7) is 1.82. The molecule has 1 heterocycles. The molecule has 20 heavy (non-hydrogen) atoms. The minimum Gasteiger partial charge on any atom is -0.377 e. The van der Waals surface area contributed by atoms with Crippen LogP contribution in [-0.4, -0.2) is 23.4 Å². The van der Waals surface area contributed by atoms with Gasteiger partial charge >= 0.3 is 6.18 Å². The van der Waals surface area contributed by atoms with Gasteiger partial charge < -0.3 is 10.6 Å². The van der Waals surface area contributed by atoms with Crippen LogP contribution < -0.4 is 10.6 Å². The predicted molar refractivity (Wildman–Crippen MR) is 63.5 cm³/mol. The number of hydrogen-bond acceptors (Lipinski definition) is 4. The summed E-state index contributed by atoms with van der Waals surface area (Å²) >= 11 is 0. The Morgan fingerprint density at radius 2 is 2.05 bits per heavy atom. The van der Waals surface area contributed by atoms with Crippen molar-refractivity contribution >= 4 is 17.3 Å². The fourth-order valence-electron chi connectivity index (χ4n) is 1.91. The van der Waals surface area contributed by atoms with Crippen LogP contribution in [0.2, 0.25) is 0 Å². The van der Waals surface area contributed by atoms with Crippen molar-refractivity contribution in [3.05, 3.63) is 33.4 Å². The number of carbonyl (C=O) groups excluding carboxylic acids is 1. The highest BCUT2D eigenvalue weighted by Gasteiger charge is 2.36. The Hall–Kier alpha value is -2.32. The summed E-state index contributed by atoms with van der Waals surface area (Å²) in [6, 6.07) is 0.682. The molecule has 0 saturated carbocycles. The third-order valence-corrected chi connectivity index (χ3v) is 2.85. The number of anilines is 1. The zero-order chi connectivity index (χ0) is 15.1. The maximum absolute atomic E-state index is 12.7. The zero-order valence-corrected chi connectivity index (χ0v) is 10.2. The van der Waals surface area contributed by atoms with Crippen LogP contribution in [0, 0.1) is 10.1 Å². The Labute approximate surface area is 111 Å². The maximum atomic E-state index is 12.7. The minimum absolute atomic E-state index is 0.185. The summed E-state index contributed by atoms with van der Waals surface area (Å²) in [5, 5.41) is 16.0. The largest absolute Gasteiger partial charge is 0.416 e. The number of nitro benzene ring substituents is 1. The summed E-state index contributed by atoms with van der Waals surface area (Å²) < 4.78 is 38.2. The van der Waals surface area contributed by atoms with E-state index in [4.69, 9.17) is 0 Å². The summed E-state index contributed by atoms with van der Waals surface area (Å²) in [5.74, 6) is -0.772. The second-order valence-corrected chi connectivity index (χ2v) is 4.43. The second-order valence-electron chi connectivity index (χ2n) is 4.43.